The third kappa shape index (κ3) is 5.58. The zero-order valence-electron chi connectivity index (χ0n) is 20.0. The van der Waals surface area contributed by atoms with Crippen molar-refractivity contribution in [2.45, 2.75) is 20.4 Å². The predicted octanol–water partition coefficient (Wildman–Crippen LogP) is 3.68. The van der Waals surface area contributed by atoms with Gasteiger partial charge >= 0.3 is 0 Å². The first kappa shape index (κ1) is 24.2. The number of nitrogens with one attached hydrogen (secondary N) is 2. The Labute approximate surface area is 205 Å². The molecular formula is C26H32N4O3S. The summed E-state index contributed by atoms with van der Waals surface area (Å²) in [7, 11) is 1.64. The third-order valence-electron chi connectivity index (χ3n) is 6.31. The minimum atomic E-state index is -0.0855. The summed E-state index contributed by atoms with van der Waals surface area (Å²) in [6.07, 6.45) is 0. The van der Waals surface area contributed by atoms with Crippen LogP contribution < -0.4 is 15.6 Å². The van der Waals surface area contributed by atoms with Gasteiger partial charge in [-0.2, -0.15) is 0 Å². The summed E-state index contributed by atoms with van der Waals surface area (Å²) in [4.78, 5) is 20.5. The van der Waals surface area contributed by atoms with E-state index in [0.717, 1.165) is 60.6 Å². The van der Waals surface area contributed by atoms with Gasteiger partial charge in [0, 0.05) is 37.1 Å². The molecule has 0 amide bonds. The first-order valence-corrected chi connectivity index (χ1v) is 12.0. The minimum absolute atomic E-state index is 0.0855. The van der Waals surface area contributed by atoms with Crippen molar-refractivity contribution in [3.8, 4) is 5.75 Å². The second kappa shape index (κ2) is 11.0. The summed E-state index contributed by atoms with van der Waals surface area (Å²) >= 11 is 5.82. The SMILES string of the molecule is COc1ccccc1NC(=S)N(CCN1CCOCC1)Cc1cc2c(C)ccc(C)c2[nH]c1=O. The first-order valence-electron chi connectivity index (χ1n) is 11.6. The predicted molar refractivity (Wildman–Crippen MR) is 141 cm³/mol. The maximum absolute atomic E-state index is 13.0. The van der Waals surface area contributed by atoms with Gasteiger partial charge in [0.2, 0.25) is 0 Å². The van der Waals surface area contributed by atoms with Crippen LogP contribution in [0.3, 0.4) is 0 Å². The molecule has 0 saturated carbocycles. The Morgan fingerprint density at radius 2 is 1.91 bits per heavy atom. The molecule has 1 fully saturated rings. The molecular weight excluding hydrogens is 448 g/mol. The van der Waals surface area contributed by atoms with Gasteiger partial charge in [-0.1, -0.05) is 24.3 Å². The van der Waals surface area contributed by atoms with Crippen molar-refractivity contribution in [3.63, 3.8) is 0 Å². The number of morpholine rings is 1. The molecule has 0 aliphatic carbocycles. The number of aromatic nitrogens is 1. The third-order valence-corrected chi connectivity index (χ3v) is 6.67. The van der Waals surface area contributed by atoms with E-state index in [9.17, 15) is 4.79 Å². The second-order valence-corrected chi connectivity index (χ2v) is 9.00. The fraction of sp³-hybridized carbons (Fsp3) is 0.385. The molecule has 4 rings (SSSR count). The number of anilines is 1. The Balaban J connectivity index is 1.60. The van der Waals surface area contributed by atoms with Crippen molar-refractivity contribution >= 4 is 33.9 Å². The molecule has 0 bridgehead atoms. The van der Waals surface area contributed by atoms with E-state index < -0.39 is 0 Å². The van der Waals surface area contributed by atoms with Gasteiger partial charge in [-0.3, -0.25) is 9.69 Å². The van der Waals surface area contributed by atoms with Crippen LogP contribution in [0.4, 0.5) is 5.69 Å². The lowest BCUT2D eigenvalue weighted by Gasteiger charge is -2.31. The highest BCUT2D eigenvalue weighted by atomic mass is 32.1. The number of benzene rings is 2. The number of aromatic amines is 1. The lowest BCUT2D eigenvalue weighted by molar-refractivity contribution is 0.0358. The van der Waals surface area contributed by atoms with E-state index >= 15 is 0 Å². The topological polar surface area (TPSA) is 69.8 Å². The Kier molecular flexibility index (Phi) is 7.82. The lowest BCUT2D eigenvalue weighted by atomic mass is 10.0. The molecule has 2 N–H and O–H groups in total. The van der Waals surface area contributed by atoms with Crippen molar-refractivity contribution in [3.05, 3.63) is 69.5 Å². The molecule has 0 unspecified atom stereocenters. The zero-order valence-corrected chi connectivity index (χ0v) is 20.8. The highest BCUT2D eigenvalue weighted by molar-refractivity contribution is 7.80. The van der Waals surface area contributed by atoms with E-state index in [1.54, 1.807) is 7.11 Å². The van der Waals surface area contributed by atoms with Crippen LogP contribution in [0.5, 0.6) is 5.75 Å². The minimum Gasteiger partial charge on any atom is -0.495 e. The van der Waals surface area contributed by atoms with Gasteiger partial charge in [-0.25, -0.2) is 0 Å². The Morgan fingerprint density at radius 3 is 2.68 bits per heavy atom. The number of nitrogens with zero attached hydrogens (tertiary/aromatic N) is 2. The van der Waals surface area contributed by atoms with E-state index in [2.05, 4.69) is 33.1 Å². The molecule has 1 aliphatic heterocycles. The second-order valence-electron chi connectivity index (χ2n) is 8.62. The molecule has 3 aromatic rings. The molecule has 8 heteroatoms. The number of para-hydroxylation sites is 2. The van der Waals surface area contributed by atoms with Crippen LogP contribution in [0.15, 0.2) is 47.3 Å². The maximum Gasteiger partial charge on any atom is 0.253 e. The fourth-order valence-electron chi connectivity index (χ4n) is 4.22. The molecule has 180 valence electrons. The first-order chi connectivity index (χ1) is 16.5. The van der Waals surface area contributed by atoms with Gasteiger partial charge in [0.05, 0.1) is 38.1 Å². The molecule has 0 atom stereocenters. The van der Waals surface area contributed by atoms with Gasteiger partial charge in [0.15, 0.2) is 5.11 Å². The summed E-state index contributed by atoms with van der Waals surface area (Å²) in [5.41, 5.74) is 4.48. The largest absolute Gasteiger partial charge is 0.495 e. The molecule has 0 radical (unpaired) electrons. The highest BCUT2D eigenvalue weighted by Gasteiger charge is 2.18. The van der Waals surface area contributed by atoms with Crippen molar-refractivity contribution in [1.82, 2.24) is 14.8 Å². The van der Waals surface area contributed by atoms with Crippen LogP contribution in [0.25, 0.3) is 10.9 Å². The van der Waals surface area contributed by atoms with E-state index in [1.807, 2.05) is 43.3 Å². The van der Waals surface area contributed by atoms with Crippen LogP contribution >= 0.6 is 12.2 Å². The average molecular weight is 481 g/mol. The molecule has 34 heavy (non-hydrogen) atoms. The number of ether oxygens (including phenoxy) is 2. The fourth-order valence-corrected chi connectivity index (χ4v) is 4.49. The number of hydrogen-bond donors (Lipinski definition) is 2. The van der Waals surface area contributed by atoms with Gasteiger partial charge < -0.3 is 24.7 Å². The number of aryl methyl sites for hydroxylation is 2. The molecule has 1 aromatic heterocycles. The van der Waals surface area contributed by atoms with E-state index in [-0.39, 0.29) is 5.56 Å². The smallest absolute Gasteiger partial charge is 0.253 e. The number of hydrogen-bond acceptors (Lipinski definition) is 5. The summed E-state index contributed by atoms with van der Waals surface area (Å²) in [5.74, 6) is 0.715. The van der Waals surface area contributed by atoms with Crippen molar-refractivity contribution < 1.29 is 9.47 Å². The lowest BCUT2D eigenvalue weighted by Crippen LogP contribution is -2.44. The molecule has 0 spiro atoms. The van der Waals surface area contributed by atoms with E-state index in [1.165, 1.54) is 0 Å². The van der Waals surface area contributed by atoms with Crippen molar-refractivity contribution in [2.75, 3.05) is 51.8 Å². The number of fused-ring (bicyclic) bond motifs is 1. The molecule has 7 nitrogen and oxygen atoms in total. The molecule has 2 heterocycles. The summed E-state index contributed by atoms with van der Waals surface area (Å²) in [6.45, 7) is 9.28. The Hall–Kier alpha value is -2.94. The molecule has 1 aliphatic rings. The molecule has 2 aromatic carbocycles. The summed E-state index contributed by atoms with van der Waals surface area (Å²) < 4.78 is 11.0. The van der Waals surface area contributed by atoms with E-state index in [4.69, 9.17) is 21.7 Å². The van der Waals surface area contributed by atoms with Crippen LogP contribution in [-0.2, 0) is 11.3 Å². The monoisotopic (exact) mass is 480 g/mol. The highest BCUT2D eigenvalue weighted by Crippen LogP contribution is 2.24. The quantitative estimate of drug-likeness (QED) is 0.500. The number of H-pyrrole nitrogens is 1. The van der Waals surface area contributed by atoms with Crippen LogP contribution in [0, 0.1) is 13.8 Å². The Bertz CT molecular complexity index is 1220. The van der Waals surface area contributed by atoms with Crippen LogP contribution in [-0.4, -0.2) is 66.4 Å². The van der Waals surface area contributed by atoms with Crippen LogP contribution in [0.2, 0.25) is 0 Å². The number of pyridine rings is 1. The van der Waals surface area contributed by atoms with E-state index in [0.29, 0.717) is 29.5 Å². The Morgan fingerprint density at radius 1 is 1.18 bits per heavy atom. The molecule has 1 saturated heterocycles. The number of rotatable bonds is 7. The standard InChI is InChI=1S/C26H32N4O3S/c1-18-8-9-19(2)24-21(18)16-20(25(31)28-24)17-30(11-10-29-12-14-33-15-13-29)26(34)27-22-6-4-5-7-23(22)32-3/h4-9,16H,10-15,17H2,1-3H3,(H,27,34)(H,28,31). The summed E-state index contributed by atoms with van der Waals surface area (Å²) in [6, 6.07) is 13.8. The number of methoxy groups -OCH3 is 1. The normalized spacial score (nSPS) is 14.2. The van der Waals surface area contributed by atoms with Gasteiger partial charge in [0.25, 0.3) is 5.56 Å². The van der Waals surface area contributed by atoms with Gasteiger partial charge in [-0.15, -0.1) is 0 Å². The average Bonchev–Trinajstić information content (AvgIpc) is 2.85. The van der Waals surface area contributed by atoms with Crippen molar-refractivity contribution in [1.29, 1.82) is 0 Å². The van der Waals surface area contributed by atoms with Crippen molar-refractivity contribution in [2.24, 2.45) is 0 Å². The van der Waals surface area contributed by atoms with Gasteiger partial charge in [-0.05, 0) is 55.4 Å². The van der Waals surface area contributed by atoms with Gasteiger partial charge in [0.1, 0.15) is 5.75 Å². The zero-order chi connectivity index (χ0) is 24.1. The summed E-state index contributed by atoms with van der Waals surface area (Å²) in [5, 5.41) is 4.94. The number of thiocarbonyl (C=S) groups is 1. The van der Waals surface area contributed by atoms with Crippen LogP contribution in [0.1, 0.15) is 16.7 Å². The maximum atomic E-state index is 13.0.